The predicted octanol–water partition coefficient (Wildman–Crippen LogP) is 2.21. The van der Waals surface area contributed by atoms with E-state index in [9.17, 15) is 0 Å². The average Bonchev–Trinajstić information content (AvgIpc) is 2.03. The van der Waals surface area contributed by atoms with Crippen LogP contribution >= 0.6 is 0 Å². The molecule has 0 aliphatic carbocycles. The molecule has 1 rings (SSSR count). The molecule has 0 atom stereocenters. The van der Waals surface area contributed by atoms with E-state index in [1.807, 2.05) is 30.7 Å². The maximum Gasteiger partial charge on any atom is 0.0444 e. The minimum absolute atomic E-state index is 0.886. The van der Waals surface area contributed by atoms with Gasteiger partial charge in [0.05, 0.1) is 0 Å². The molecule has 0 aromatic carbocycles. The summed E-state index contributed by atoms with van der Waals surface area (Å²) in [7, 11) is 0. The van der Waals surface area contributed by atoms with Crippen molar-refractivity contribution in [1.29, 1.82) is 0 Å². The third-order valence-electron chi connectivity index (χ3n) is 1.18. The lowest BCUT2D eigenvalue weighted by Gasteiger charge is -1.93. The topological polar surface area (TPSA) is 12.9 Å². The quantitative estimate of drug-likeness (QED) is 0.574. The summed E-state index contributed by atoms with van der Waals surface area (Å²) in [5.74, 6) is 0. The maximum atomic E-state index is 4.11. The molecule has 0 amide bonds. The molecular weight excluding hydrogens is 122 g/mol. The Bertz CT molecular complexity index is 191. The summed E-state index contributed by atoms with van der Waals surface area (Å²) in [6.45, 7) is 3.62. The number of pyridine rings is 1. The summed E-state index contributed by atoms with van der Waals surface area (Å²) in [6, 6.07) is 5.86. The van der Waals surface area contributed by atoms with Crippen LogP contribution in [0.4, 0.5) is 0 Å². The first-order valence-electron chi connectivity index (χ1n) is 3.28. The molecule has 1 heterocycles. The van der Waals surface area contributed by atoms with Crippen molar-refractivity contribution in [3.8, 4) is 0 Å². The fourth-order valence-electron chi connectivity index (χ4n) is 0.701. The zero-order valence-electron chi connectivity index (χ0n) is 5.83. The van der Waals surface area contributed by atoms with Gasteiger partial charge in [-0.1, -0.05) is 12.1 Å². The molecule has 0 spiro atoms. The number of rotatable bonds is 3. The Morgan fingerprint density at radius 3 is 3.00 bits per heavy atom. The van der Waals surface area contributed by atoms with Crippen molar-refractivity contribution in [2.75, 3.05) is 0 Å². The van der Waals surface area contributed by atoms with Gasteiger partial charge >= 0.3 is 0 Å². The largest absolute Gasteiger partial charge is 0.261 e. The van der Waals surface area contributed by atoms with Gasteiger partial charge in [0, 0.05) is 18.3 Å². The van der Waals surface area contributed by atoms with E-state index in [1.165, 1.54) is 0 Å². The molecule has 0 aliphatic rings. The van der Waals surface area contributed by atoms with Gasteiger partial charge in [0.1, 0.15) is 0 Å². The molecule has 10 heavy (non-hydrogen) atoms. The van der Waals surface area contributed by atoms with Gasteiger partial charge in [-0.15, -0.1) is 6.58 Å². The van der Waals surface area contributed by atoms with Gasteiger partial charge in [-0.05, 0) is 18.6 Å². The zero-order chi connectivity index (χ0) is 7.23. The second-order valence-corrected chi connectivity index (χ2v) is 1.98. The van der Waals surface area contributed by atoms with E-state index >= 15 is 0 Å². The first-order chi connectivity index (χ1) is 4.93. The van der Waals surface area contributed by atoms with Gasteiger partial charge in [0.2, 0.25) is 0 Å². The minimum Gasteiger partial charge on any atom is -0.261 e. The summed E-state index contributed by atoms with van der Waals surface area (Å²) in [6.07, 6.45) is 6.56. The molecule has 1 heteroatoms. The Morgan fingerprint density at radius 1 is 1.50 bits per heavy atom. The highest BCUT2D eigenvalue weighted by Crippen LogP contribution is 2.00. The van der Waals surface area contributed by atoms with Crippen molar-refractivity contribution < 1.29 is 0 Å². The Labute approximate surface area is 61.4 Å². The van der Waals surface area contributed by atoms with E-state index < -0.39 is 0 Å². The smallest absolute Gasteiger partial charge is 0.0444 e. The fourth-order valence-corrected chi connectivity index (χ4v) is 0.701. The van der Waals surface area contributed by atoms with Gasteiger partial charge in [-0.2, -0.15) is 0 Å². The van der Waals surface area contributed by atoms with Crippen molar-refractivity contribution in [1.82, 2.24) is 4.98 Å². The van der Waals surface area contributed by atoms with Gasteiger partial charge in [0.25, 0.3) is 0 Å². The number of aromatic nitrogens is 1. The first kappa shape index (κ1) is 7.00. The highest BCUT2D eigenvalue weighted by molar-refractivity contribution is 5.13. The normalized spacial score (nSPS) is 9.20. The zero-order valence-corrected chi connectivity index (χ0v) is 5.83. The minimum atomic E-state index is 0.886. The van der Waals surface area contributed by atoms with Crippen molar-refractivity contribution in [3.05, 3.63) is 49.2 Å². The van der Waals surface area contributed by atoms with Gasteiger partial charge in [-0.3, -0.25) is 4.98 Å². The van der Waals surface area contributed by atoms with Crippen LogP contribution in [0, 0.1) is 6.42 Å². The second-order valence-electron chi connectivity index (χ2n) is 1.98. The number of hydrogen-bond acceptors (Lipinski definition) is 1. The molecule has 0 bridgehead atoms. The molecule has 0 unspecified atom stereocenters. The molecule has 1 aromatic rings. The predicted molar refractivity (Wildman–Crippen MR) is 42.5 cm³/mol. The number of hydrogen-bond donors (Lipinski definition) is 0. The highest BCUT2D eigenvalue weighted by atomic mass is 14.7. The lowest BCUT2D eigenvalue weighted by Crippen LogP contribution is -1.82. The van der Waals surface area contributed by atoms with E-state index in [-0.39, 0.29) is 0 Å². The number of nitrogens with zero attached hydrogens (tertiary/aromatic N) is 1. The summed E-state index contributed by atoms with van der Waals surface area (Å²) < 4.78 is 0. The second kappa shape index (κ2) is 3.83. The SMILES string of the molecule is C=CC[CH]c1ccccn1. The Kier molecular flexibility index (Phi) is 2.68. The van der Waals surface area contributed by atoms with E-state index in [0.29, 0.717) is 0 Å². The monoisotopic (exact) mass is 132 g/mol. The van der Waals surface area contributed by atoms with Crippen LogP contribution in [0.2, 0.25) is 0 Å². The maximum absolute atomic E-state index is 4.11. The molecule has 0 N–H and O–H groups in total. The van der Waals surface area contributed by atoms with Crippen molar-refractivity contribution >= 4 is 0 Å². The number of allylic oxidation sites excluding steroid dienone is 1. The molecule has 0 fully saturated rings. The molecule has 51 valence electrons. The molecule has 0 aliphatic heterocycles. The van der Waals surface area contributed by atoms with E-state index in [4.69, 9.17) is 0 Å². The molecule has 1 radical (unpaired) electrons. The molecule has 1 aromatic heterocycles. The van der Waals surface area contributed by atoms with Crippen LogP contribution in [0.5, 0.6) is 0 Å². The van der Waals surface area contributed by atoms with Gasteiger partial charge in [-0.25, -0.2) is 0 Å². The third kappa shape index (κ3) is 2.02. The van der Waals surface area contributed by atoms with Crippen LogP contribution in [0.1, 0.15) is 12.1 Å². The third-order valence-corrected chi connectivity index (χ3v) is 1.18. The van der Waals surface area contributed by atoms with E-state index in [2.05, 4.69) is 11.6 Å². The summed E-state index contributed by atoms with van der Waals surface area (Å²) in [5.41, 5.74) is 1.02. The van der Waals surface area contributed by atoms with Crippen molar-refractivity contribution in [2.24, 2.45) is 0 Å². The fraction of sp³-hybridized carbons (Fsp3) is 0.111. The standard InChI is InChI=1S/C9H10N/c1-2-3-6-9-7-4-5-8-10-9/h2,4-8H,1,3H2. The van der Waals surface area contributed by atoms with Crippen LogP contribution in [0.3, 0.4) is 0 Å². The Hall–Kier alpha value is -1.11. The highest BCUT2D eigenvalue weighted by Gasteiger charge is 1.88. The van der Waals surface area contributed by atoms with E-state index in [0.717, 1.165) is 12.1 Å². The summed E-state index contributed by atoms with van der Waals surface area (Å²) in [4.78, 5) is 4.11. The average molecular weight is 132 g/mol. The van der Waals surface area contributed by atoms with E-state index in [1.54, 1.807) is 6.20 Å². The summed E-state index contributed by atoms with van der Waals surface area (Å²) >= 11 is 0. The molecule has 0 saturated heterocycles. The summed E-state index contributed by atoms with van der Waals surface area (Å²) in [5, 5.41) is 0. The van der Waals surface area contributed by atoms with Crippen LogP contribution in [0.15, 0.2) is 37.1 Å². The molecule has 0 saturated carbocycles. The van der Waals surface area contributed by atoms with Crippen LogP contribution in [0.25, 0.3) is 0 Å². The van der Waals surface area contributed by atoms with Crippen molar-refractivity contribution in [2.45, 2.75) is 6.42 Å². The first-order valence-corrected chi connectivity index (χ1v) is 3.28. The lowest BCUT2D eigenvalue weighted by molar-refractivity contribution is 1.14. The Morgan fingerprint density at radius 2 is 2.40 bits per heavy atom. The van der Waals surface area contributed by atoms with Crippen molar-refractivity contribution in [3.63, 3.8) is 0 Å². The van der Waals surface area contributed by atoms with Crippen LogP contribution in [-0.2, 0) is 0 Å². The molecular formula is C9H10N. The van der Waals surface area contributed by atoms with Crippen LogP contribution < -0.4 is 0 Å². The van der Waals surface area contributed by atoms with Gasteiger partial charge < -0.3 is 0 Å². The van der Waals surface area contributed by atoms with Crippen LogP contribution in [-0.4, -0.2) is 4.98 Å². The lowest BCUT2D eigenvalue weighted by atomic mass is 10.2. The van der Waals surface area contributed by atoms with Gasteiger partial charge in [0.15, 0.2) is 0 Å². The molecule has 1 nitrogen and oxygen atoms in total. The Balaban J connectivity index is 2.50.